The SMILES string of the molecule is Cc1ccc(C2=NCC(C)N2)c(Cl)c1. The van der Waals surface area contributed by atoms with Gasteiger partial charge in [-0.15, -0.1) is 0 Å². The summed E-state index contributed by atoms with van der Waals surface area (Å²) < 4.78 is 0. The molecule has 2 rings (SSSR count). The van der Waals surface area contributed by atoms with Crippen LogP contribution in [0.2, 0.25) is 5.02 Å². The van der Waals surface area contributed by atoms with Gasteiger partial charge < -0.3 is 5.32 Å². The van der Waals surface area contributed by atoms with E-state index in [2.05, 4.69) is 23.3 Å². The van der Waals surface area contributed by atoms with Gasteiger partial charge in [-0.2, -0.15) is 0 Å². The standard InChI is InChI=1S/C11H13ClN2/c1-7-3-4-9(10(12)5-7)11-13-6-8(2)14-11/h3-5,8H,6H2,1-2H3,(H,13,14). The predicted molar refractivity (Wildman–Crippen MR) is 60.2 cm³/mol. The highest BCUT2D eigenvalue weighted by molar-refractivity contribution is 6.34. The Morgan fingerprint density at radius 1 is 1.50 bits per heavy atom. The predicted octanol–water partition coefficient (Wildman–Crippen LogP) is 2.39. The number of halogens is 1. The molecule has 0 saturated heterocycles. The summed E-state index contributed by atoms with van der Waals surface area (Å²) >= 11 is 6.14. The topological polar surface area (TPSA) is 24.4 Å². The van der Waals surface area contributed by atoms with Crippen LogP contribution in [0.1, 0.15) is 18.1 Å². The lowest BCUT2D eigenvalue weighted by Gasteiger charge is -2.08. The van der Waals surface area contributed by atoms with E-state index in [1.165, 1.54) is 5.56 Å². The summed E-state index contributed by atoms with van der Waals surface area (Å²) in [7, 11) is 0. The van der Waals surface area contributed by atoms with Crippen molar-refractivity contribution in [2.24, 2.45) is 4.99 Å². The molecule has 1 unspecified atom stereocenters. The van der Waals surface area contributed by atoms with Crippen molar-refractivity contribution >= 4 is 17.4 Å². The van der Waals surface area contributed by atoms with Crippen molar-refractivity contribution in [1.82, 2.24) is 5.32 Å². The van der Waals surface area contributed by atoms with Gasteiger partial charge in [-0.3, -0.25) is 4.99 Å². The molecule has 3 heteroatoms. The average molecular weight is 209 g/mol. The maximum absolute atomic E-state index is 6.14. The lowest BCUT2D eigenvalue weighted by atomic mass is 10.1. The first-order valence-electron chi connectivity index (χ1n) is 4.74. The monoisotopic (exact) mass is 208 g/mol. The fourth-order valence-electron chi connectivity index (χ4n) is 1.53. The van der Waals surface area contributed by atoms with E-state index in [1.807, 2.05) is 19.1 Å². The summed E-state index contributed by atoms with van der Waals surface area (Å²) in [5, 5.41) is 4.06. The fraction of sp³-hybridized carbons (Fsp3) is 0.364. The highest BCUT2D eigenvalue weighted by atomic mass is 35.5. The molecule has 1 atom stereocenters. The summed E-state index contributed by atoms with van der Waals surface area (Å²) in [5.41, 5.74) is 2.17. The van der Waals surface area contributed by atoms with Crippen molar-refractivity contribution in [2.75, 3.05) is 6.54 Å². The molecule has 1 N–H and O–H groups in total. The number of hydrogen-bond acceptors (Lipinski definition) is 2. The van der Waals surface area contributed by atoms with Crippen molar-refractivity contribution in [3.05, 3.63) is 34.3 Å². The fourth-order valence-corrected chi connectivity index (χ4v) is 1.85. The van der Waals surface area contributed by atoms with Gasteiger partial charge in [0.1, 0.15) is 5.84 Å². The Hall–Kier alpha value is -1.02. The van der Waals surface area contributed by atoms with E-state index in [0.717, 1.165) is 23.0 Å². The number of nitrogens with one attached hydrogen (secondary N) is 1. The van der Waals surface area contributed by atoms with Gasteiger partial charge >= 0.3 is 0 Å². The Bertz CT molecular complexity index is 385. The molecule has 1 aromatic rings. The van der Waals surface area contributed by atoms with E-state index in [1.54, 1.807) is 0 Å². The van der Waals surface area contributed by atoms with Crippen LogP contribution in [-0.4, -0.2) is 18.4 Å². The van der Waals surface area contributed by atoms with Gasteiger partial charge in [-0.1, -0.05) is 17.7 Å². The molecule has 0 aromatic heterocycles. The van der Waals surface area contributed by atoms with Crippen LogP contribution in [0.3, 0.4) is 0 Å². The Balaban J connectivity index is 2.33. The third-order valence-corrected chi connectivity index (χ3v) is 2.60. The second kappa shape index (κ2) is 3.62. The Morgan fingerprint density at radius 3 is 2.86 bits per heavy atom. The molecule has 0 amide bonds. The zero-order valence-electron chi connectivity index (χ0n) is 8.34. The maximum atomic E-state index is 6.14. The van der Waals surface area contributed by atoms with Crippen LogP contribution in [0, 0.1) is 6.92 Å². The zero-order valence-corrected chi connectivity index (χ0v) is 9.10. The molecule has 0 radical (unpaired) electrons. The minimum Gasteiger partial charge on any atom is -0.366 e. The second-order valence-electron chi connectivity index (χ2n) is 3.72. The highest BCUT2D eigenvalue weighted by Crippen LogP contribution is 2.19. The van der Waals surface area contributed by atoms with Gasteiger partial charge in [0.05, 0.1) is 11.6 Å². The van der Waals surface area contributed by atoms with Crippen LogP contribution in [0.4, 0.5) is 0 Å². The van der Waals surface area contributed by atoms with Crippen molar-refractivity contribution in [2.45, 2.75) is 19.9 Å². The molecule has 0 fully saturated rings. The molecular formula is C11H13ClN2. The Labute approximate surface area is 89.0 Å². The summed E-state index contributed by atoms with van der Waals surface area (Å²) in [6.45, 7) is 4.97. The number of aryl methyl sites for hydroxylation is 1. The summed E-state index contributed by atoms with van der Waals surface area (Å²) in [6.07, 6.45) is 0. The summed E-state index contributed by atoms with van der Waals surface area (Å²) in [4.78, 5) is 4.40. The zero-order chi connectivity index (χ0) is 10.1. The largest absolute Gasteiger partial charge is 0.366 e. The van der Waals surface area contributed by atoms with Crippen molar-refractivity contribution in [3.8, 4) is 0 Å². The van der Waals surface area contributed by atoms with Gasteiger partial charge in [0, 0.05) is 11.6 Å². The average Bonchev–Trinajstić information content (AvgIpc) is 2.51. The molecule has 1 aromatic carbocycles. The minimum absolute atomic E-state index is 0.419. The van der Waals surface area contributed by atoms with E-state index >= 15 is 0 Å². The second-order valence-corrected chi connectivity index (χ2v) is 4.13. The molecule has 1 aliphatic heterocycles. The molecule has 1 aliphatic rings. The summed E-state index contributed by atoms with van der Waals surface area (Å²) in [6, 6.07) is 6.45. The van der Waals surface area contributed by atoms with Crippen molar-refractivity contribution < 1.29 is 0 Å². The van der Waals surface area contributed by atoms with Crippen LogP contribution >= 0.6 is 11.6 Å². The van der Waals surface area contributed by atoms with Gasteiger partial charge in [0.25, 0.3) is 0 Å². The first-order chi connectivity index (χ1) is 6.66. The van der Waals surface area contributed by atoms with Gasteiger partial charge in [0.2, 0.25) is 0 Å². The third kappa shape index (κ3) is 1.75. The molecule has 74 valence electrons. The number of aliphatic imine (C=N–C) groups is 1. The normalized spacial score (nSPS) is 20.5. The van der Waals surface area contributed by atoms with Crippen LogP contribution in [0.25, 0.3) is 0 Å². The summed E-state index contributed by atoms with van der Waals surface area (Å²) in [5.74, 6) is 0.919. The highest BCUT2D eigenvalue weighted by Gasteiger charge is 2.16. The molecule has 0 saturated carbocycles. The van der Waals surface area contributed by atoms with Crippen LogP contribution in [0.15, 0.2) is 23.2 Å². The van der Waals surface area contributed by atoms with Gasteiger partial charge in [0.15, 0.2) is 0 Å². The van der Waals surface area contributed by atoms with E-state index in [4.69, 9.17) is 11.6 Å². The number of rotatable bonds is 1. The molecule has 0 spiro atoms. The van der Waals surface area contributed by atoms with E-state index in [-0.39, 0.29) is 0 Å². The molecule has 0 aliphatic carbocycles. The van der Waals surface area contributed by atoms with Crippen LogP contribution < -0.4 is 5.32 Å². The van der Waals surface area contributed by atoms with Crippen LogP contribution in [-0.2, 0) is 0 Å². The Kier molecular flexibility index (Phi) is 2.46. The van der Waals surface area contributed by atoms with Gasteiger partial charge in [-0.25, -0.2) is 0 Å². The van der Waals surface area contributed by atoms with Crippen LogP contribution in [0.5, 0.6) is 0 Å². The first kappa shape index (κ1) is 9.53. The Morgan fingerprint density at radius 2 is 2.29 bits per heavy atom. The number of benzene rings is 1. The smallest absolute Gasteiger partial charge is 0.130 e. The molecule has 1 heterocycles. The molecular weight excluding hydrogens is 196 g/mol. The van der Waals surface area contributed by atoms with E-state index in [0.29, 0.717) is 6.04 Å². The number of amidine groups is 1. The maximum Gasteiger partial charge on any atom is 0.130 e. The first-order valence-corrected chi connectivity index (χ1v) is 5.12. The van der Waals surface area contributed by atoms with Crippen molar-refractivity contribution in [3.63, 3.8) is 0 Å². The van der Waals surface area contributed by atoms with E-state index < -0.39 is 0 Å². The number of hydrogen-bond donors (Lipinski definition) is 1. The van der Waals surface area contributed by atoms with Gasteiger partial charge in [-0.05, 0) is 31.5 Å². The molecule has 14 heavy (non-hydrogen) atoms. The minimum atomic E-state index is 0.419. The molecule has 2 nitrogen and oxygen atoms in total. The molecule has 0 bridgehead atoms. The van der Waals surface area contributed by atoms with Crippen molar-refractivity contribution in [1.29, 1.82) is 0 Å². The third-order valence-electron chi connectivity index (χ3n) is 2.29. The lowest BCUT2D eigenvalue weighted by molar-refractivity contribution is 0.726. The lowest BCUT2D eigenvalue weighted by Crippen LogP contribution is -2.27. The van der Waals surface area contributed by atoms with E-state index in [9.17, 15) is 0 Å². The number of nitrogens with zero attached hydrogens (tertiary/aromatic N) is 1. The quantitative estimate of drug-likeness (QED) is 0.753.